The number of benzene rings is 1. The molecule has 2 heterocycles. The maximum absolute atomic E-state index is 13.1. The largest absolute Gasteiger partial charge is 0.366 e. The molecule has 2 aromatic heterocycles. The minimum Gasteiger partial charge on any atom is -0.366 e. The first-order chi connectivity index (χ1) is 10.5. The van der Waals surface area contributed by atoms with Crippen LogP contribution in [0.1, 0.15) is 5.69 Å². The van der Waals surface area contributed by atoms with E-state index in [1.807, 2.05) is 0 Å². The number of pyridine rings is 1. The Kier molecular flexibility index (Phi) is 3.38. The molecule has 0 amide bonds. The van der Waals surface area contributed by atoms with Crippen LogP contribution in [-0.4, -0.2) is 20.2 Å². The lowest BCUT2D eigenvalue weighted by atomic mass is 10.0. The Morgan fingerprint density at radius 1 is 1.05 bits per heavy atom. The van der Waals surface area contributed by atoms with Crippen molar-refractivity contribution in [3.8, 4) is 22.5 Å². The summed E-state index contributed by atoms with van der Waals surface area (Å²) in [5.41, 5.74) is 8.10. The second-order valence-corrected chi connectivity index (χ2v) is 4.79. The molecule has 0 aliphatic rings. The lowest BCUT2D eigenvalue weighted by molar-refractivity contribution is 0.628. The number of H-pyrrole nitrogens is 1. The topological polar surface area (TPSA) is 97.5 Å². The van der Waals surface area contributed by atoms with Crippen molar-refractivity contribution in [3.63, 3.8) is 0 Å². The zero-order chi connectivity index (χ0) is 15.7. The van der Waals surface area contributed by atoms with Crippen LogP contribution < -0.4 is 11.3 Å². The number of hydrogen-bond acceptors (Lipinski definition) is 5. The van der Waals surface area contributed by atoms with E-state index < -0.39 is 0 Å². The third-order valence-corrected chi connectivity index (χ3v) is 3.07. The summed E-state index contributed by atoms with van der Waals surface area (Å²) >= 11 is 0. The number of anilines is 1. The summed E-state index contributed by atoms with van der Waals surface area (Å²) in [6, 6.07) is 8.95. The molecular weight excluding hydrogens is 285 g/mol. The van der Waals surface area contributed by atoms with E-state index in [1.165, 1.54) is 18.2 Å². The second-order valence-electron chi connectivity index (χ2n) is 4.79. The van der Waals surface area contributed by atoms with E-state index in [2.05, 4.69) is 20.2 Å². The highest BCUT2D eigenvalue weighted by atomic mass is 19.1. The number of rotatable bonds is 2. The lowest BCUT2D eigenvalue weighted by Gasteiger charge is -2.08. The van der Waals surface area contributed by atoms with Crippen LogP contribution in [-0.2, 0) is 0 Å². The summed E-state index contributed by atoms with van der Waals surface area (Å²) in [7, 11) is 0. The average molecular weight is 297 g/mol. The van der Waals surface area contributed by atoms with Crippen molar-refractivity contribution >= 4 is 5.95 Å². The van der Waals surface area contributed by atoms with Crippen molar-refractivity contribution in [1.82, 2.24) is 20.2 Å². The number of nitrogens with zero attached hydrogens (tertiary/aromatic N) is 3. The predicted molar refractivity (Wildman–Crippen MR) is 80.4 cm³/mol. The van der Waals surface area contributed by atoms with Gasteiger partial charge in [-0.15, -0.1) is 10.2 Å². The van der Waals surface area contributed by atoms with Crippen LogP contribution in [0.3, 0.4) is 0 Å². The standard InChI is InChI=1S/C15H12FN5O/c1-8-6-10(7-12(22)18-8)14-13(19-15(17)21-20-14)9-2-4-11(16)5-3-9/h2-7H,1H3,(H,18,22)(H2,17,19,21). The average Bonchev–Trinajstić information content (AvgIpc) is 2.47. The van der Waals surface area contributed by atoms with Gasteiger partial charge in [0.15, 0.2) is 0 Å². The summed E-state index contributed by atoms with van der Waals surface area (Å²) in [6.45, 7) is 1.76. The zero-order valence-electron chi connectivity index (χ0n) is 11.7. The molecule has 0 spiro atoms. The molecule has 0 atom stereocenters. The number of nitrogens with two attached hydrogens (primary N) is 1. The van der Waals surface area contributed by atoms with Crippen LogP contribution >= 0.6 is 0 Å². The van der Waals surface area contributed by atoms with Crippen LogP contribution in [0, 0.1) is 12.7 Å². The molecule has 3 rings (SSSR count). The Bertz CT molecular complexity index is 889. The smallest absolute Gasteiger partial charge is 0.248 e. The molecule has 0 aliphatic carbocycles. The predicted octanol–water partition coefficient (Wildman–Crippen LogP) is 1.92. The monoisotopic (exact) mass is 297 g/mol. The Balaban J connectivity index is 2.24. The van der Waals surface area contributed by atoms with E-state index in [9.17, 15) is 9.18 Å². The number of aromatic nitrogens is 4. The van der Waals surface area contributed by atoms with Gasteiger partial charge in [-0.1, -0.05) is 0 Å². The van der Waals surface area contributed by atoms with Gasteiger partial charge in [0.05, 0.1) is 0 Å². The van der Waals surface area contributed by atoms with E-state index in [4.69, 9.17) is 5.73 Å². The summed E-state index contributed by atoms with van der Waals surface area (Å²) in [5.74, 6) is -0.350. The third-order valence-electron chi connectivity index (χ3n) is 3.07. The number of nitrogen functional groups attached to an aromatic ring is 1. The van der Waals surface area contributed by atoms with Crippen LogP contribution in [0.15, 0.2) is 41.2 Å². The fourth-order valence-corrected chi connectivity index (χ4v) is 2.16. The molecule has 0 fully saturated rings. The maximum atomic E-state index is 13.1. The molecule has 0 saturated heterocycles. The summed E-state index contributed by atoms with van der Waals surface area (Å²) in [6.07, 6.45) is 0. The first kappa shape index (κ1) is 13.9. The first-order valence-electron chi connectivity index (χ1n) is 6.50. The number of halogens is 1. The molecule has 0 unspecified atom stereocenters. The Morgan fingerprint density at radius 3 is 2.45 bits per heavy atom. The number of aryl methyl sites for hydroxylation is 1. The fraction of sp³-hybridized carbons (Fsp3) is 0.0667. The van der Waals surface area contributed by atoms with Gasteiger partial charge in [-0.25, -0.2) is 9.37 Å². The van der Waals surface area contributed by atoms with Crippen molar-refractivity contribution < 1.29 is 4.39 Å². The van der Waals surface area contributed by atoms with Gasteiger partial charge in [0.1, 0.15) is 17.2 Å². The number of nitrogens with one attached hydrogen (secondary N) is 1. The van der Waals surface area contributed by atoms with E-state index in [0.29, 0.717) is 28.2 Å². The van der Waals surface area contributed by atoms with Crippen molar-refractivity contribution in [2.24, 2.45) is 0 Å². The summed E-state index contributed by atoms with van der Waals surface area (Å²) in [4.78, 5) is 18.5. The van der Waals surface area contributed by atoms with Gasteiger partial charge < -0.3 is 10.7 Å². The van der Waals surface area contributed by atoms with Crippen molar-refractivity contribution in [2.75, 3.05) is 5.73 Å². The minimum absolute atomic E-state index is 0.00429. The van der Waals surface area contributed by atoms with Gasteiger partial charge in [0, 0.05) is 22.9 Å². The molecule has 0 radical (unpaired) electrons. The Labute approximate surface area is 124 Å². The van der Waals surface area contributed by atoms with E-state index in [1.54, 1.807) is 25.1 Å². The van der Waals surface area contributed by atoms with Gasteiger partial charge in [-0.3, -0.25) is 4.79 Å². The van der Waals surface area contributed by atoms with E-state index >= 15 is 0 Å². The number of hydrogen-bond donors (Lipinski definition) is 2. The van der Waals surface area contributed by atoms with Gasteiger partial charge in [0.25, 0.3) is 0 Å². The van der Waals surface area contributed by atoms with Crippen LogP contribution in [0.5, 0.6) is 0 Å². The third kappa shape index (κ3) is 2.69. The molecular formula is C15H12FN5O. The van der Waals surface area contributed by atoms with Gasteiger partial charge >= 0.3 is 0 Å². The molecule has 7 heteroatoms. The first-order valence-corrected chi connectivity index (χ1v) is 6.50. The van der Waals surface area contributed by atoms with Crippen molar-refractivity contribution in [1.29, 1.82) is 0 Å². The molecule has 6 nitrogen and oxygen atoms in total. The normalized spacial score (nSPS) is 10.6. The Hall–Kier alpha value is -3.09. The van der Waals surface area contributed by atoms with Crippen LogP contribution in [0.25, 0.3) is 22.5 Å². The lowest BCUT2D eigenvalue weighted by Crippen LogP contribution is -2.08. The molecule has 3 N–H and O–H groups in total. The molecule has 0 saturated carbocycles. The van der Waals surface area contributed by atoms with Crippen molar-refractivity contribution in [3.05, 3.63) is 58.3 Å². The van der Waals surface area contributed by atoms with Gasteiger partial charge in [-0.2, -0.15) is 0 Å². The molecule has 1 aromatic carbocycles. The van der Waals surface area contributed by atoms with Gasteiger partial charge in [0.2, 0.25) is 11.5 Å². The highest BCUT2D eigenvalue weighted by Gasteiger charge is 2.13. The molecule has 0 bridgehead atoms. The summed E-state index contributed by atoms with van der Waals surface area (Å²) in [5, 5.41) is 7.79. The molecule has 3 aromatic rings. The van der Waals surface area contributed by atoms with Crippen LogP contribution in [0.4, 0.5) is 10.3 Å². The van der Waals surface area contributed by atoms with E-state index in [0.717, 1.165) is 0 Å². The Morgan fingerprint density at radius 2 is 1.77 bits per heavy atom. The fourth-order valence-electron chi connectivity index (χ4n) is 2.16. The SMILES string of the molecule is Cc1cc(-c2nnc(N)nc2-c2ccc(F)cc2)cc(=O)[nH]1. The number of aromatic amines is 1. The molecule has 0 aliphatic heterocycles. The summed E-state index contributed by atoms with van der Waals surface area (Å²) < 4.78 is 13.1. The molecule has 22 heavy (non-hydrogen) atoms. The van der Waals surface area contributed by atoms with E-state index in [-0.39, 0.29) is 17.3 Å². The second kappa shape index (κ2) is 5.36. The highest BCUT2D eigenvalue weighted by molar-refractivity contribution is 5.77. The molecule has 110 valence electrons. The maximum Gasteiger partial charge on any atom is 0.248 e. The van der Waals surface area contributed by atoms with Gasteiger partial charge in [-0.05, 0) is 37.3 Å². The van der Waals surface area contributed by atoms with Crippen molar-refractivity contribution in [2.45, 2.75) is 6.92 Å². The quantitative estimate of drug-likeness (QED) is 0.753. The minimum atomic E-state index is -0.354. The van der Waals surface area contributed by atoms with Crippen LogP contribution in [0.2, 0.25) is 0 Å². The zero-order valence-corrected chi connectivity index (χ0v) is 11.7. The highest BCUT2D eigenvalue weighted by Crippen LogP contribution is 2.28.